The van der Waals surface area contributed by atoms with Crippen LogP contribution in [0.25, 0.3) is 0 Å². The van der Waals surface area contributed by atoms with Crippen LogP contribution in [-0.2, 0) is 17.0 Å². The van der Waals surface area contributed by atoms with Gasteiger partial charge in [-0.1, -0.05) is 0 Å². The molecule has 0 fully saturated rings. The molecule has 0 aliphatic heterocycles. The van der Waals surface area contributed by atoms with E-state index in [0.29, 0.717) is 0 Å². The van der Waals surface area contributed by atoms with Crippen molar-refractivity contribution in [2.75, 3.05) is 7.05 Å². The van der Waals surface area contributed by atoms with E-state index >= 15 is 0 Å². The van der Waals surface area contributed by atoms with Crippen LogP contribution < -0.4 is 5.43 Å². The molecule has 0 aliphatic carbocycles. The van der Waals surface area contributed by atoms with Crippen molar-refractivity contribution < 1.29 is 17.0 Å². The fourth-order valence-electron chi connectivity index (χ4n) is 0.249. The van der Waals surface area contributed by atoms with E-state index in [1.807, 2.05) is 13.8 Å². The van der Waals surface area contributed by atoms with Crippen LogP contribution >= 0.6 is 0 Å². The first-order valence-corrected chi connectivity index (χ1v) is 3.12. The van der Waals surface area contributed by atoms with Crippen LogP contribution in [0.5, 0.6) is 0 Å². The zero-order valence-corrected chi connectivity index (χ0v) is 6.79. The summed E-state index contributed by atoms with van der Waals surface area (Å²) in [5.74, 6) is 0. The van der Waals surface area contributed by atoms with Gasteiger partial charge >= 0.3 is 58.3 Å². The van der Waals surface area contributed by atoms with Gasteiger partial charge in [0, 0.05) is 0 Å². The van der Waals surface area contributed by atoms with Crippen molar-refractivity contribution in [2.45, 2.75) is 13.8 Å². The third-order valence-electron chi connectivity index (χ3n) is 0.803. The summed E-state index contributed by atoms with van der Waals surface area (Å²) in [4.78, 5) is 0. The molecule has 0 radical (unpaired) electrons. The predicted molar refractivity (Wildman–Crippen MR) is 32.8 cm³/mol. The molecule has 0 saturated heterocycles. The predicted octanol–water partition coefficient (Wildman–Crippen LogP) is 0.321. The maximum atomic E-state index is 3.94. The Bertz CT molecular complexity index is 118. The summed E-state index contributed by atoms with van der Waals surface area (Å²) < 4.78 is 1.19. The van der Waals surface area contributed by atoms with Crippen molar-refractivity contribution >= 4 is 9.94 Å². The summed E-state index contributed by atoms with van der Waals surface area (Å²) in [5.41, 5.74) is 3.74. The molecule has 0 bridgehead atoms. The van der Waals surface area contributed by atoms with Crippen molar-refractivity contribution in [1.29, 1.82) is 0 Å². The molecular formula is C5H10N2V. The van der Waals surface area contributed by atoms with E-state index in [1.165, 1.54) is 4.23 Å². The SMILES string of the molecule is CNN=C(C)[C](C)=[V]. The second-order valence-corrected chi connectivity index (χ2v) is 2.55. The van der Waals surface area contributed by atoms with Gasteiger partial charge in [0.05, 0.1) is 0 Å². The molecular weight excluding hydrogens is 139 g/mol. The normalized spacial score (nSPS) is 11.0. The summed E-state index contributed by atoms with van der Waals surface area (Å²) in [6, 6.07) is 0. The van der Waals surface area contributed by atoms with Gasteiger partial charge in [-0.25, -0.2) is 0 Å². The van der Waals surface area contributed by atoms with Crippen molar-refractivity contribution in [2.24, 2.45) is 5.10 Å². The van der Waals surface area contributed by atoms with Gasteiger partial charge in [0.15, 0.2) is 0 Å². The summed E-state index contributed by atoms with van der Waals surface area (Å²) in [6.07, 6.45) is 0. The number of hydrogen-bond donors (Lipinski definition) is 1. The third-order valence-corrected chi connectivity index (χ3v) is 1.31. The molecule has 0 atom stereocenters. The van der Waals surface area contributed by atoms with E-state index in [-0.39, 0.29) is 0 Å². The van der Waals surface area contributed by atoms with Crippen LogP contribution in [0.3, 0.4) is 0 Å². The molecule has 0 amide bonds. The van der Waals surface area contributed by atoms with Crippen molar-refractivity contribution in [3.05, 3.63) is 0 Å². The fraction of sp³-hybridized carbons (Fsp3) is 0.600. The monoisotopic (exact) mass is 149 g/mol. The Morgan fingerprint density at radius 1 is 1.50 bits per heavy atom. The van der Waals surface area contributed by atoms with Gasteiger partial charge in [-0.15, -0.1) is 0 Å². The summed E-state index contributed by atoms with van der Waals surface area (Å²) in [7, 11) is 1.79. The van der Waals surface area contributed by atoms with Gasteiger partial charge in [-0.05, 0) is 0 Å². The molecule has 0 saturated carbocycles. The Hall–Kier alpha value is -0.0756. The van der Waals surface area contributed by atoms with Gasteiger partial charge in [0.2, 0.25) is 0 Å². The Balaban J connectivity index is 3.80. The maximum absolute atomic E-state index is 3.94. The first-order chi connectivity index (χ1) is 3.68. The third kappa shape index (κ3) is 3.00. The Kier molecular flexibility index (Phi) is 3.83. The van der Waals surface area contributed by atoms with Crippen LogP contribution in [0, 0.1) is 0 Å². The number of nitrogens with zero attached hydrogens (tertiary/aromatic N) is 1. The molecule has 8 heavy (non-hydrogen) atoms. The molecule has 0 unspecified atom stereocenters. The molecule has 0 aromatic carbocycles. The number of nitrogens with one attached hydrogen (secondary N) is 1. The molecule has 45 valence electrons. The van der Waals surface area contributed by atoms with E-state index in [1.54, 1.807) is 7.05 Å². The summed E-state index contributed by atoms with van der Waals surface area (Å²) >= 11 is 2.45. The zero-order chi connectivity index (χ0) is 6.57. The molecule has 0 aromatic heterocycles. The van der Waals surface area contributed by atoms with E-state index in [4.69, 9.17) is 0 Å². The fourth-order valence-corrected chi connectivity index (χ4v) is 0.327. The molecule has 2 nitrogen and oxygen atoms in total. The molecule has 0 heterocycles. The Labute approximate surface area is 58.9 Å². The van der Waals surface area contributed by atoms with Crippen LogP contribution in [0.2, 0.25) is 0 Å². The van der Waals surface area contributed by atoms with Gasteiger partial charge < -0.3 is 0 Å². The van der Waals surface area contributed by atoms with Gasteiger partial charge in [-0.3, -0.25) is 0 Å². The van der Waals surface area contributed by atoms with E-state index < -0.39 is 0 Å². The van der Waals surface area contributed by atoms with Crippen LogP contribution in [-0.4, -0.2) is 17.0 Å². The number of hydrazone groups is 1. The van der Waals surface area contributed by atoms with Gasteiger partial charge in [-0.2, -0.15) is 0 Å². The quantitative estimate of drug-likeness (QED) is 0.443. The molecule has 0 rings (SSSR count). The standard InChI is InChI=1S/C5H10N2.V/c1-4-5(2)7-6-3;/h6H,1-3H3;. The van der Waals surface area contributed by atoms with E-state index in [2.05, 4.69) is 27.5 Å². The molecule has 0 aliphatic rings. The molecule has 1 N–H and O–H groups in total. The average Bonchev–Trinajstić information content (AvgIpc) is 1.67. The molecule has 0 spiro atoms. The topological polar surface area (TPSA) is 24.4 Å². The van der Waals surface area contributed by atoms with Crippen molar-refractivity contribution in [3.8, 4) is 0 Å². The minimum absolute atomic E-state index is 1.03. The zero-order valence-electron chi connectivity index (χ0n) is 5.39. The molecule has 0 aromatic rings. The van der Waals surface area contributed by atoms with E-state index in [0.717, 1.165) is 5.71 Å². The molecule has 3 heteroatoms. The Morgan fingerprint density at radius 2 is 2.00 bits per heavy atom. The summed E-state index contributed by atoms with van der Waals surface area (Å²) in [5, 5.41) is 3.94. The second kappa shape index (κ2) is 3.87. The van der Waals surface area contributed by atoms with Gasteiger partial charge in [0.1, 0.15) is 0 Å². The Morgan fingerprint density at radius 3 is 2.12 bits per heavy atom. The van der Waals surface area contributed by atoms with E-state index in [9.17, 15) is 0 Å². The van der Waals surface area contributed by atoms with Gasteiger partial charge in [0.25, 0.3) is 0 Å². The first kappa shape index (κ1) is 7.92. The van der Waals surface area contributed by atoms with Crippen LogP contribution in [0.15, 0.2) is 5.10 Å². The number of hydrogen-bond acceptors (Lipinski definition) is 2. The van der Waals surface area contributed by atoms with Crippen LogP contribution in [0.1, 0.15) is 13.8 Å². The number of rotatable bonds is 2. The van der Waals surface area contributed by atoms with Crippen molar-refractivity contribution in [1.82, 2.24) is 5.43 Å². The van der Waals surface area contributed by atoms with Crippen LogP contribution in [0.4, 0.5) is 0 Å². The second-order valence-electron chi connectivity index (χ2n) is 1.51. The summed E-state index contributed by atoms with van der Waals surface area (Å²) in [6.45, 7) is 3.97. The average molecular weight is 149 g/mol. The first-order valence-electron chi connectivity index (χ1n) is 2.42. The van der Waals surface area contributed by atoms with Crippen molar-refractivity contribution in [3.63, 3.8) is 0 Å². The minimum atomic E-state index is 1.03.